The minimum absolute atomic E-state index is 0.0678. The lowest BCUT2D eigenvalue weighted by Crippen LogP contribution is -2.55. The van der Waals surface area contributed by atoms with Crippen LogP contribution in [0.4, 0.5) is 0 Å². The maximum Gasteiger partial charge on any atom is 0.0877 e. The second kappa shape index (κ2) is 7.05. The second-order valence-corrected chi connectivity index (χ2v) is 4.41. The molecule has 0 spiro atoms. The molecule has 94 valence electrons. The Morgan fingerprint density at radius 3 is 2.69 bits per heavy atom. The first-order chi connectivity index (χ1) is 7.79. The van der Waals surface area contributed by atoms with Crippen molar-refractivity contribution in [3.05, 3.63) is 12.7 Å². The van der Waals surface area contributed by atoms with Gasteiger partial charge < -0.3 is 14.8 Å². The molecule has 1 rings (SSSR count). The van der Waals surface area contributed by atoms with E-state index in [1.54, 1.807) is 0 Å². The Labute approximate surface area is 99.2 Å². The highest BCUT2D eigenvalue weighted by molar-refractivity contribution is 4.97. The van der Waals surface area contributed by atoms with E-state index in [1.165, 1.54) is 0 Å². The molecule has 1 atom stereocenters. The van der Waals surface area contributed by atoms with Crippen molar-refractivity contribution in [3.63, 3.8) is 0 Å². The number of rotatable bonds is 7. The number of hydrogen-bond donors (Lipinski definition) is 1. The Kier molecular flexibility index (Phi) is 6.03. The van der Waals surface area contributed by atoms with Gasteiger partial charge in [-0.3, -0.25) is 0 Å². The molecule has 0 bridgehead atoms. The molecule has 1 aliphatic heterocycles. The van der Waals surface area contributed by atoms with E-state index in [1.807, 2.05) is 13.2 Å². The van der Waals surface area contributed by atoms with Gasteiger partial charge in [0.15, 0.2) is 0 Å². The van der Waals surface area contributed by atoms with Gasteiger partial charge in [-0.15, -0.1) is 6.58 Å². The molecule has 0 amide bonds. The number of hydrogen-bond acceptors (Lipinski definition) is 3. The predicted molar refractivity (Wildman–Crippen MR) is 66.7 cm³/mol. The molecule has 3 heteroatoms. The molecule has 1 saturated heterocycles. The summed E-state index contributed by atoms with van der Waals surface area (Å²) in [6, 6.07) is 0.360. The molecule has 0 aromatic heterocycles. The summed E-state index contributed by atoms with van der Waals surface area (Å²) in [7, 11) is 1.81. The van der Waals surface area contributed by atoms with Crippen LogP contribution in [0.15, 0.2) is 12.7 Å². The third kappa shape index (κ3) is 3.30. The average Bonchev–Trinajstić information content (AvgIpc) is 2.35. The Morgan fingerprint density at radius 1 is 1.50 bits per heavy atom. The summed E-state index contributed by atoms with van der Waals surface area (Å²) < 4.78 is 11.2. The van der Waals surface area contributed by atoms with Gasteiger partial charge in [-0.1, -0.05) is 13.0 Å². The van der Waals surface area contributed by atoms with E-state index in [0.29, 0.717) is 6.04 Å². The predicted octanol–water partition coefficient (Wildman–Crippen LogP) is 2.13. The first-order valence-electron chi connectivity index (χ1n) is 6.26. The summed E-state index contributed by atoms with van der Waals surface area (Å²) in [6.07, 6.45) is 6.01. The standard InChI is InChI=1S/C13H25NO2/c1-4-6-12(14-9-5-2)13(15-3)7-10-16-11-8-13/h4,12,14H,1,5-11H2,2-3H3. The minimum Gasteiger partial charge on any atom is -0.381 e. The third-order valence-corrected chi connectivity index (χ3v) is 3.42. The van der Waals surface area contributed by atoms with Crippen molar-refractivity contribution < 1.29 is 9.47 Å². The summed E-state index contributed by atoms with van der Waals surface area (Å²) in [5.41, 5.74) is -0.0678. The Bertz CT molecular complexity index is 200. The molecular formula is C13H25NO2. The molecule has 0 aromatic carbocycles. The molecule has 1 fully saturated rings. The van der Waals surface area contributed by atoms with E-state index < -0.39 is 0 Å². The molecule has 0 saturated carbocycles. The molecule has 16 heavy (non-hydrogen) atoms. The van der Waals surface area contributed by atoms with Gasteiger partial charge in [0.2, 0.25) is 0 Å². The van der Waals surface area contributed by atoms with Gasteiger partial charge in [0.1, 0.15) is 0 Å². The van der Waals surface area contributed by atoms with Crippen LogP contribution < -0.4 is 5.32 Å². The lowest BCUT2D eigenvalue weighted by atomic mass is 9.84. The Balaban J connectivity index is 2.65. The second-order valence-electron chi connectivity index (χ2n) is 4.41. The highest BCUT2D eigenvalue weighted by Crippen LogP contribution is 2.30. The fourth-order valence-electron chi connectivity index (χ4n) is 2.38. The van der Waals surface area contributed by atoms with Crippen molar-refractivity contribution in [2.75, 3.05) is 26.9 Å². The van der Waals surface area contributed by atoms with Gasteiger partial charge in [0.05, 0.1) is 5.60 Å². The van der Waals surface area contributed by atoms with Crippen LogP contribution in [0.3, 0.4) is 0 Å². The van der Waals surface area contributed by atoms with Gasteiger partial charge in [0, 0.05) is 39.2 Å². The highest BCUT2D eigenvalue weighted by atomic mass is 16.5. The minimum atomic E-state index is -0.0678. The highest BCUT2D eigenvalue weighted by Gasteiger charge is 2.39. The number of ether oxygens (including phenoxy) is 2. The Hall–Kier alpha value is -0.380. The molecule has 1 unspecified atom stereocenters. The largest absolute Gasteiger partial charge is 0.381 e. The quantitative estimate of drug-likeness (QED) is 0.676. The van der Waals surface area contributed by atoms with Gasteiger partial charge in [0.25, 0.3) is 0 Å². The molecule has 0 radical (unpaired) electrons. The van der Waals surface area contributed by atoms with Crippen molar-refractivity contribution in [3.8, 4) is 0 Å². The van der Waals surface area contributed by atoms with Gasteiger partial charge in [-0.2, -0.15) is 0 Å². The maximum atomic E-state index is 5.80. The van der Waals surface area contributed by atoms with Gasteiger partial charge >= 0.3 is 0 Å². The van der Waals surface area contributed by atoms with E-state index in [4.69, 9.17) is 9.47 Å². The summed E-state index contributed by atoms with van der Waals surface area (Å²) in [5.74, 6) is 0. The van der Waals surface area contributed by atoms with E-state index in [9.17, 15) is 0 Å². The monoisotopic (exact) mass is 227 g/mol. The lowest BCUT2D eigenvalue weighted by Gasteiger charge is -2.42. The maximum absolute atomic E-state index is 5.80. The van der Waals surface area contributed by atoms with Gasteiger partial charge in [-0.25, -0.2) is 0 Å². The van der Waals surface area contributed by atoms with Crippen molar-refractivity contribution in [1.82, 2.24) is 5.32 Å². The summed E-state index contributed by atoms with van der Waals surface area (Å²) in [4.78, 5) is 0. The molecule has 1 aliphatic rings. The SMILES string of the molecule is C=CCC(NCCC)C1(OC)CCOCC1. The first kappa shape index (κ1) is 13.7. The number of nitrogens with one attached hydrogen (secondary N) is 1. The van der Waals surface area contributed by atoms with E-state index in [2.05, 4.69) is 18.8 Å². The molecule has 0 aliphatic carbocycles. The van der Waals surface area contributed by atoms with Crippen LogP contribution in [0.1, 0.15) is 32.6 Å². The first-order valence-corrected chi connectivity index (χ1v) is 6.26. The van der Waals surface area contributed by atoms with Crippen molar-refractivity contribution in [1.29, 1.82) is 0 Å². The summed E-state index contributed by atoms with van der Waals surface area (Å²) in [5, 5.41) is 3.58. The van der Waals surface area contributed by atoms with Crippen molar-refractivity contribution in [2.45, 2.75) is 44.2 Å². The molecule has 1 N–H and O–H groups in total. The van der Waals surface area contributed by atoms with Gasteiger partial charge in [-0.05, 0) is 19.4 Å². The van der Waals surface area contributed by atoms with Crippen LogP contribution in [-0.4, -0.2) is 38.5 Å². The number of methoxy groups -OCH3 is 1. The van der Waals surface area contributed by atoms with Crippen LogP contribution in [0, 0.1) is 0 Å². The Morgan fingerprint density at radius 2 is 2.19 bits per heavy atom. The topological polar surface area (TPSA) is 30.5 Å². The average molecular weight is 227 g/mol. The summed E-state index contributed by atoms with van der Waals surface area (Å²) >= 11 is 0. The van der Waals surface area contributed by atoms with Crippen molar-refractivity contribution in [2.24, 2.45) is 0 Å². The van der Waals surface area contributed by atoms with Crippen LogP contribution >= 0.6 is 0 Å². The molecular weight excluding hydrogens is 202 g/mol. The van der Waals surface area contributed by atoms with Crippen LogP contribution in [0.2, 0.25) is 0 Å². The van der Waals surface area contributed by atoms with E-state index >= 15 is 0 Å². The van der Waals surface area contributed by atoms with Crippen LogP contribution in [-0.2, 0) is 9.47 Å². The molecule has 3 nitrogen and oxygen atoms in total. The van der Waals surface area contributed by atoms with Crippen LogP contribution in [0.25, 0.3) is 0 Å². The fraction of sp³-hybridized carbons (Fsp3) is 0.846. The third-order valence-electron chi connectivity index (χ3n) is 3.42. The molecule has 1 heterocycles. The lowest BCUT2D eigenvalue weighted by molar-refractivity contribution is -0.109. The smallest absolute Gasteiger partial charge is 0.0877 e. The zero-order valence-corrected chi connectivity index (χ0v) is 10.6. The van der Waals surface area contributed by atoms with E-state index in [0.717, 1.165) is 45.4 Å². The van der Waals surface area contributed by atoms with E-state index in [-0.39, 0.29) is 5.60 Å². The zero-order valence-electron chi connectivity index (χ0n) is 10.6. The van der Waals surface area contributed by atoms with Crippen molar-refractivity contribution >= 4 is 0 Å². The zero-order chi connectivity index (χ0) is 11.9. The fourth-order valence-corrected chi connectivity index (χ4v) is 2.38. The van der Waals surface area contributed by atoms with Crippen LogP contribution in [0.5, 0.6) is 0 Å². The summed E-state index contributed by atoms with van der Waals surface area (Å²) in [6.45, 7) is 8.66. The normalized spacial score (nSPS) is 21.6. The molecule has 0 aromatic rings.